The summed E-state index contributed by atoms with van der Waals surface area (Å²) < 4.78 is -3.72. The third kappa shape index (κ3) is 5.35. The molecule has 1 aromatic carbocycles. The van der Waals surface area contributed by atoms with Crippen LogP contribution in [0.15, 0.2) is 24.3 Å². The molecule has 0 bridgehead atoms. The van der Waals surface area contributed by atoms with Crippen molar-refractivity contribution in [3.05, 3.63) is 52.9 Å². The van der Waals surface area contributed by atoms with Crippen molar-refractivity contribution in [3.8, 4) is 0 Å². The van der Waals surface area contributed by atoms with Gasteiger partial charge in [-0.3, -0.25) is 0 Å². The van der Waals surface area contributed by atoms with E-state index in [2.05, 4.69) is 15.0 Å². The average molecular weight is 432 g/mol. The number of halogens is 6. The Morgan fingerprint density at radius 2 is 1.30 bits per heavy atom. The Kier molecular flexibility index (Phi) is 6.04. The smallest absolute Gasteiger partial charge is 0.209 e. The predicted molar refractivity (Wildman–Crippen MR) is 98.4 cm³/mol. The van der Waals surface area contributed by atoms with E-state index in [1.54, 1.807) is 6.08 Å². The Bertz CT molecular complexity index is 702. The van der Waals surface area contributed by atoms with Crippen molar-refractivity contribution in [2.45, 2.75) is 14.5 Å². The Labute approximate surface area is 163 Å². The first-order chi connectivity index (χ1) is 10.6. The molecule has 1 aromatic heterocycles. The van der Waals surface area contributed by atoms with Gasteiger partial charge in [-0.25, -0.2) is 15.0 Å². The molecule has 0 fully saturated rings. The summed E-state index contributed by atoms with van der Waals surface area (Å²) in [5, 5.41) is 0. The molecule has 0 N–H and O–H groups in total. The Balaban J connectivity index is 2.48. The molecule has 0 amide bonds. The molecule has 0 spiro atoms. The second kappa shape index (κ2) is 7.30. The van der Waals surface area contributed by atoms with E-state index in [0.29, 0.717) is 0 Å². The number of aryl methyl sites for hydroxylation is 1. The highest BCUT2D eigenvalue weighted by atomic mass is 35.6. The molecule has 0 aliphatic carbocycles. The van der Waals surface area contributed by atoms with Crippen LogP contribution in [0.1, 0.15) is 28.6 Å². The number of aromatic nitrogens is 3. The van der Waals surface area contributed by atoms with Crippen LogP contribution in [-0.4, -0.2) is 15.0 Å². The van der Waals surface area contributed by atoms with E-state index >= 15 is 0 Å². The second-order valence-corrected chi connectivity index (χ2v) is 9.09. The topological polar surface area (TPSA) is 38.7 Å². The van der Waals surface area contributed by atoms with Gasteiger partial charge in [0.15, 0.2) is 17.5 Å². The van der Waals surface area contributed by atoms with Gasteiger partial charge in [0.25, 0.3) is 0 Å². The number of rotatable bonds is 2. The van der Waals surface area contributed by atoms with Gasteiger partial charge in [0, 0.05) is 0 Å². The van der Waals surface area contributed by atoms with Gasteiger partial charge in [-0.15, -0.1) is 0 Å². The zero-order chi connectivity index (χ0) is 17.3. The summed E-state index contributed by atoms with van der Waals surface area (Å²) >= 11 is 34.9. The highest BCUT2D eigenvalue weighted by Gasteiger charge is 2.33. The molecular weight excluding hydrogens is 423 g/mol. The van der Waals surface area contributed by atoms with Crippen LogP contribution in [0.3, 0.4) is 0 Å². The zero-order valence-electron chi connectivity index (χ0n) is 11.6. The second-order valence-electron chi connectivity index (χ2n) is 4.53. The van der Waals surface area contributed by atoms with Crippen LogP contribution >= 0.6 is 69.6 Å². The Hall–Kier alpha value is -0.290. The summed E-state index contributed by atoms with van der Waals surface area (Å²) in [7, 11) is 0. The van der Waals surface area contributed by atoms with E-state index in [0.717, 1.165) is 11.1 Å². The fraction of sp³-hybridized carbons (Fsp3) is 0.214. The molecule has 0 aliphatic rings. The van der Waals surface area contributed by atoms with E-state index in [-0.39, 0.29) is 17.5 Å². The number of alkyl halides is 6. The molecule has 23 heavy (non-hydrogen) atoms. The first kappa shape index (κ1) is 19.0. The lowest BCUT2D eigenvalue weighted by atomic mass is 10.1. The van der Waals surface area contributed by atoms with Crippen molar-refractivity contribution in [2.24, 2.45) is 0 Å². The third-order valence-electron chi connectivity index (χ3n) is 2.76. The van der Waals surface area contributed by atoms with Gasteiger partial charge in [0.05, 0.1) is 0 Å². The highest BCUT2D eigenvalue weighted by molar-refractivity contribution is 6.67. The molecule has 0 unspecified atom stereocenters. The first-order valence-corrected chi connectivity index (χ1v) is 8.48. The van der Waals surface area contributed by atoms with Crippen molar-refractivity contribution in [3.63, 3.8) is 0 Å². The van der Waals surface area contributed by atoms with Crippen LogP contribution < -0.4 is 0 Å². The molecule has 3 nitrogen and oxygen atoms in total. The monoisotopic (exact) mass is 429 g/mol. The molecule has 122 valence electrons. The Morgan fingerprint density at radius 1 is 0.783 bits per heavy atom. The molecule has 0 saturated heterocycles. The maximum atomic E-state index is 5.82. The molecule has 0 saturated carbocycles. The lowest BCUT2D eigenvalue weighted by Crippen LogP contribution is -2.16. The van der Waals surface area contributed by atoms with E-state index in [1.807, 2.05) is 37.3 Å². The molecular formula is C14H9Cl6N3. The normalized spacial score (nSPS) is 12.8. The standard InChI is InChI=1S/C14H9Cl6N3/c1-8-4-2-3-5-9(8)6-7-10-21-11(13(15,16)17)23-12(22-10)14(18,19)20/h2-7H,1H3/b7-6+. The quantitative estimate of drug-likeness (QED) is 0.547. The zero-order valence-corrected chi connectivity index (χ0v) is 16.1. The van der Waals surface area contributed by atoms with Gasteiger partial charge in [-0.2, -0.15) is 0 Å². The molecule has 9 heteroatoms. The highest BCUT2D eigenvalue weighted by Crippen LogP contribution is 2.39. The van der Waals surface area contributed by atoms with Crippen LogP contribution in [0, 0.1) is 6.92 Å². The van der Waals surface area contributed by atoms with Crippen molar-refractivity contribution in [1.29, 1.82) is 0 Å². The van der Waals surface area contributed by atoms with Crippen LogP contribution in [0.5, 0.6) is 0 Å². The van der Waals surface area contributed by atoms with Crippen molar-refractivity contribution >= 4 is 81.8 Å². The molecule has 1 heterocycles. The van der Waals surface area contributed by atoms with E-state index in [4.69, 9.17) is 69.6 Å². The van der Waals surface area contributed by atoms with Gasteiger partial charge in [-0.05, 0) is 24.1 Å². The number of hydrogen-bond donors (Lipinski definition) is 0. The van der Waals surface area contributed by atoms with Crippen LogP contribution in [0.4, 0.5) is 0 Å². The number of hydrogen-bond acceptors (Lipinski definition) is 3. The van der Waals surface area contributed by atoms with E-state index in [9.17, 15) is 0 Å². The minimum Gasteiger partial charge on any atom is -0.209 e. The maximum Gasteiger partial charge on any atom is 0.250 e. The largest absolute Gasteiger partial charge is 0.250 e. The maximum absolute atomic E-state index is 5.82. The third-order valence-corrected chi connectivity index (χ3v) is 3.77. The summed E-state index contributed by atoms with van der Waals surface area (Å²) in [6.45, 7) is 1.98. The van der Waals surface area contributed by atoms with Gasteiger partial charge in [0.2, 0.25) is 7.59 Å². The van der Waals surface area contributed by atoms with Crippen LogP contribution in [-0.2, 0) is 7.59 Å². The molecule has 0 atom stereocenters. The summed E-state index contributed by atoms with van der Waals surface area (Å²) in [5.74, 6) is -0.0302. The number of benzene rings is 1. The predicted octanol–water partition coefficient (Wildman–Crippen LogP) is 6.00. The lowest BCUT2D eigenvalue weighted by Gasteiger charge is -2.14. The molecule has 2 rings (SSSR count). The van der Waals surface area contributed by atoms with Crippen molar-refractivity contribution in [2.75, 3.05) is 0 Å². The lowest BCUT2D eigenvalue weighted by molar-refractivity contribution is 0.835. The fourth-order valence-electron chi connectivity index (χ4n) is 1.66. The van der Waals surface area contributed by atoms with E-state index in [1.165, 1.54) is 0 Å². The van der Waals surface area contributed by atoms with Gasteiger partial charge < -0.3 is 0 Å². The van der Waals surface area contributed by atoms with Gasteiger partial charge in [0.1, 0.15) is 0 Å². The summed E-state index contributed by atoms with van der Waals surface area (Å²) in [4.78, 5) is 12.1. The summed E-state index contributed by atoms with van der Waals surface area (Å²) in [6, 6.07) is 7.78. The Morgan fingerprint density at radius 3 is 1.78 bits per heavy atom. The molecule has 0 radical (unpaired) electrons. The first-order valence-electron chi connectivity index (χ1n) is 6.21. The fourth-order valence-corrected chi connectivity index (χ4v) is 2.17. The van der Waals surface area contributed by atoms with Crippen molar-refractivity contribution in [1.82, 2.24) is 15.0 Å². The molecule has 0 aliphatic heterocycles. The average Bonchev–Trinajstić information content (AvgIpc) is 2.44. The van der Waals surface area contributed by atoms with Crippen molar-refractivity contribution < 1.29 is 0 Å². The van der Waals surface area contributed by atoms with Crippen LogP contribution in [0.2, 0.25) is 0 Å². The SMILES string of the molecule is Cc1ccccc1/C=C/c1nc(C(Cl)(Cl)Cl)nc(C(Cl)(Cl)Cl)n1. The van der Waals surface area contributed by atoms with Gasteiger partial charge >= 0.3 is 0 Å². The van der Waals surface area contributed by atoms with Crippen LogP contribution in [0.25, 0.3) is 12.2 Å². The molecule has 2 aromatic rings. The summed E-state index contributed by atoms with van der Waals surface area (Å²) in [5.41, 5.74) is 2.07. The minimum atomic E-state index is -1.86. The number of nitrogens with zero attached hydrogens (tertiary/aromatic N) is 3. The van der Waals surface area contributed by atoms with E-state index < -0.39 is 7.59 Å². The summed E-state index contributed by atoms with van der Waals surface area (Å²) in [6.07, 6.45) is 3.44. The minimum absolute atomic E-state index is 0.122. The van der Waals surface area contributed by atoms with Gasteiger partial charge in [-0.1, -0.05) is 99.9 Å².